The number of nitrogens with zero attached hydrogens (tertiary/aromatic N) is 1. The molecule has 4 nitrogen and oxygen atoms in total. The highest BCUT2D eigenvalue weighted by Crippen LogP contribution is 2.55. The van der Waals surface area contributed by atoms with Crippen LogP contribution in [0.3, 0.4) is 0 Å². The molecule has 0 aromatic heterocycles. The summed E-state index contributed by atoms with van der Waals surface area (Å²) in [6.07, 6.45) is 5.33. The zero-order chi connectivity index (χ0) is 15.3. The lowest BCUT2D eigenvalue weighted by Crippen LogP contribution is -2.42. The molecule has 0 radical (unpaired) electrons. The Morgan fingerprint density at radius 2 is 2.36 bits per heavy atom. The zero-order valence-electron chi connectivity index (χ0n) is 12.6. The van der Waals surface area contributed by atoms with E-state index in [2.05, 4.69) is 40.0 Å². The molecule has 5 heteroatoms. The fraction of sp³-hybridized carbons (Fsp3) is 0.529. The summed E-state index contributed by atoms with van der Waals surface area (Å²) in [5.41, 5.74) is 2.89. The van der Waals surface area contributed by atoms with Gasteiger partial charge in [0.1, 0.15) is 11.6 Å². The highest BCUT2D eigenvalue weighted by atomic mass is 79.9. The van der Waals surface area contributed by atoms with Crippen molar-refractivity contribution in [2.75, 3.05) is 19.1 Å². The number of halogens is 1. The molecule has 1 aliphatic carbocycles. The van der Waals surface area contributed by atoms with E-state index in [-0.39, 0.29) is 11.5 Å². The lowest BCUT2D eigenvalue weighted by atomic mass is 9.69. The van der Waals surface area contributed by atoms with Crippen molar-refractivity contribution < 1.29 is 14.6 Å². The van der Waals surface area contributed by atoms with Gasteiger partial charge in [0.15, 0.2) is 11.5 Å². The van der Waals surface area contributed by atoms with Gasteiger partial charge in [-0.1, -0.05) is 18.2 Å². The molecular weight excluding hydrogens is 346 g/mol. The summed E-state index contributed by atoms with van der Waals surface area (Å²) in [5.74, 6) is 1.66. The van der Waals surface area contributed by atoms with Gasteiger partial charge in [0.25, 0.3) is 0 Å². The Bertz CT molecular complexity index is 633. The quantitative estimate of drug-likeness (QED) is 0.645. The molecule has 2 aliphatic heterocycles. The number of rotatable bonds is 2. The van der Waals surface area contributed by atoms with E-state index in [1.807, 2.05) is 12.1 Å². The van der Waals surface area contributed by atoms with Crippen LogP contribution >= 0.6 is 15.9 Å². The Hall–Kier alpha value is -1.04. The fourth-order valence-electron chi connectivity index (χ4n) is 4.09. The number of hydrogen-bond donors (Lipinski definition) is 1. The monoisotopic (exact) mass is 365 g/mol. The lowest BCUT2D eigenvalue weighted by Gasteiger charge is -2.35. The number of aliphatic hydroxyl groups is 1. The molecule has 4 rings (SSSR count). The molecule has 0 fully saturated rings. The second-order valence-electron chi connectivity index (χ2n) is 6.48. The number of benzene rings is 1. The molecule has 118 valence electrons. The van der Waals surface area contributed by atoms with E-state index in [0.29, 0.717) is 11.9 Å². The Balaban J connectivity index is 1.92. The fourth-order valence-corrected chi connectivity index (χ4v) is 4.34. The van der Waals surface area contributed by atoms with Gasteiger partial charge in [0.05, 0.1) is 11.5 Å². The van der Waals surface area contributed by atoms with Gasteiger partial charge < -0.3 is 19.5 Å². The van der Waals surface area contributed by atoms with Crippen molar-refractivity contribution in [2.24, 2.45) is 0 Å². The van der Waals surface area contributed by atoms with Crippen LogP contribution in [-0.4, -0.2) is 41.3 Å². The number of ether oxygens (including phenoxy) is 2. The van der Waals surface area contributed by atoms with Crippen LogP contribution in [0, 0.1) is 0 Å². The molecule has 1 aromatic carbocycles. The second kappa shape index (κ2) is 5.25. The van der Waals surface area contributed by atoms with Crippen molar-refractivity contribution in [3.8, 4) is 11.5 Å². The number of aliphatic hydroxyl groups excluding tert-OH is 1. The first-order valence-corrected chi connectivity index (χ1v) is 8.84. The maximum Gasteiger partial charge on any atom is 0.166 e. The minimum Gasteiger partial charge on any atom is -0.485 e. The van der Waals surface area contributed by atoms with Gasteiger partial charge >= 0.3 is 0 Å². The Labute approximate surface area is 138 Å². The third kappa shape index (κ3) is 2.02. The van der Waals surface area contributed by atoms with Crippen molar-refractivity contribution in [3.05, 3.63) is 35.4 Å². The van der Waals surface area contributed by atoms with Gasteiger partial charge in [-0.2, -0.15) is 0 Å². The van der Waals surface area contributed by atoms with E-state index in [1.54, 1.807) is 0 Å². The van der Waals surface area contributed by atoms with Crippen LogP contribution < -0.4 is 9.47 Å². The third-order valence-corrected chi connectivity index (χ3v) is 5.37. The molecule has 2 heterocycles. The summed E-state index contributed by atoms with van der Waals surface area (Å²) in [6, 6.07) is 4.16. The molecule has 0 saturated carbocycles. The first kappa shape index (κ1) is 14.5. The summed E-state index contributed by atoms with van der Waals surface area (Å²) in [7, 11) is 2.16. The van der Waals surface area contributed by atoms with Crippen molar-refractivity contribution in [2.45, 2.75) is 37.0 Å². The van der Waals surface area contributed by atoms with E-state index in [0.717, 1.165) is 31.0 Å². The summed E-state index contributed by atoms with van der Waals surface area (Å²) in [5, 5.41) is 10.0. The Kier molecular flexibility index (Phi) is 3.47. The summed E-state index contributed by atoms with van der Waals surface area (Å²) < 4.78 is 12.0. The van der Waals surface area contributed by atoms with Crippen LogP contribution in [-0.2, 0) is 12.0 Å². The van der Waals surface area contributed by atoms with Crippen molar-refractivity contribution in [1.82, 2.24) is 4.90 Å². The average molecular weight is 366 g/mol. The number of alkyl halides is 1. The van der Waals surface area contributed by atoms with Crippen molar-refractivity contribution in [1.29, 1.82) is 0 Å². The molecule has 0 unspecified atom stereocenters. The Morgan fingerprint density at radius 1 is 1.50 bits per heavy atom. The maximum absolute atomic E-state index is 10.0. The third-order valence-electron chi connectivity index (χ3n) is 5.14. The highest BCUT2D eigenvalue weighted by Gasteiger charge is 2.52. The van der Waals surface area contributed by atoms with Gasteiger partial charge in [-0.05, 0) is 47.6 Å². The molecule has 3 aliphatic rings. The van der Waals surface area contributed by atoms with E-state index in [9.17, 15) is 5.11 Å². The molecule has 3 atom stereocenters. The smallest absolute Gasteiger partial charge is 0.166 e. The molecule has 22 heavy (non-hydrogen) atoms. The normalized spacial score (nSPS) is 32.9. The summed E-state index contributed by atoms with van der Waals surface area (Å²) in [4.78, 5) is 2.35. The summed E-state index contributed by atoms with van der Waals surface area (Å²) in [6.45, 7) is 1.94. The van der Waals surface area contributed by atoms with Gasteiger partial charge in [-0.15, -0.1) is 0 Å². The standard InChI is InChI=1S/C17H20BrNO3/c1-19-7-6-17-5-4-12(20)8-14(17)22-16-13(21-10-18)3-2-11(9-19)15(16)17/h2-5,12,14,20H,6-10H2,1H3/t12-,14-,17-/m0/s1. The minimum absolute atomic E-state index is 0.00664. The second-order valence-corrected chi connectivity index (χ2v) is 6.94. The van der Waals surface area contributed by atoms with Crippen LogP contribution in [0.15, 0.2) is 24.3 Å². The van der Waals surface area contributed by atoms with Gasteiger partial charge in [0.2, 0.25) is 0 Å². The molecule has 1 spiro atoms. The number of hydrogen-bond acceptors (Lipinski definition) is 4. The average Bonchev–Trinajstić information content (AvgIpc) is 2.75. The Morgan fingerprint density at radius 3 is 3.18 bits per heavy atom. The van der Waals surface area contributed by atoms with Crippen LogP contribution in [0.1, 0.15) is 24.0 Å². The van der Waals surface area contributed by atoms with E-state index in [1.165, 1.54) is 11.1 Å². The SMILES string of the molecule is CN1CC[C@@]23C=C[C@H](O)C[C@@H]2Oc2c(OCBr)ccc(c23)C1. The van der Waals surface area contributed by atoms with Crippen molar-refractivity contribution >= 4 is 15.9 Å². The molecule has 1 N–H and O–H groups in total. The first-order valence-electron chi connectivity index (χ1n) is 7.72. The van der Waals surface area contributed by atoms with Crippen LogP contribution in [0.5, 0.6) is 11.5 Å². The van der Waals surface area contributed by atoms with E-state index in [4.69, 9.17) is 9.47 Å². The molecule has 0 bridgehead atoms. The predicted octanol–water partition coefficient (Wildman–Crippen LogP) is 2.57. The summed E-state index contributed by atoms with van der Waals surface area (Å²) >= 11 is 3.33. The van der Waals surface area contributed by atoms with Crippen LogP contribution in [0.2, 0.25) is 0 Å². The van der Waals surface area contributed by atoms with Gasteiger partial charge in [0, 0.05) is 18.5 Å². The topological polar surface area (TPSA) is 41.9 Å². The predicted molar refractivity (Wildman–Crippen MR) is 87.7 cm³/mol. The van der Waals surface area contributed by atoms with Crippen molar-refractivity contribution in [3.63, 3.8) is 0 Å². The van der Waals surface area contributed by atoms with E-state index < -0.39 is 6.10 Å². The molecular formula is C17H20BrNO3. The largest absolute Gasteiger partial charge is 0.485 e. The van der Waals surface area contributed by atoms with Gasteiger partial charge in [-0.3, -0.25) is 0 Å². The highest BCUT2D eigenvalue weighted by molar-refractivity contribution is 9.09. The van der Waals surface area contributed by atoms with Crippen LogP contribution in [0.25, 0.3) is 0 Å². The first-order chi connectivity index (χ1) is 10.6. The van der Waals surface area contributed by atoms with E-state index >= 15 is 0 Å². The molecule has 1 aromatic rings. The van der Waals surface area contributed by atoms with Crippen LogP contribution in [0.4, 0.5) is 0 Å². The maximum atomic E-state index is 10.0. The minimum atomic E-state index is -0.421. The molecule has 0 amide bonds. The van der Waals surface area contributed by atoms with Gasteiger partial charge in [-0.25, -0.2) is 0 Å². The molecule has 0 saturated heterocycles. The zero-order valence-corrected chi connectivity index (χ0v) is 14.2. The lowest BCUT2D eigenvalue weighted by molar-refractivity contribution is 0.0821.